The molecule has 23 heavy (non-hydrogen) atoms. The summed E-state index contributed by atoms with van der Waals surface area (Å²) in [6.45, 7) is 5.00. The van der Waals surface area contributed by atoms with E-state index < -0.39 is 5.56 Å². The van der Waals surface area contributed by atoms with E-state index in [0.717, 1.165) is 4.57 Å². The Morgan fingerprint density at radius 3 is 2.52 bits per heavy atom. The van der Waals surface area contributed by atoms with Gasteiger partial charge in [-0.3, -0.25) is 9.36 Å². The third-order valence-corrected chi connectivity index (χ3v) is 3.66. The zero-order valence-corrected chi connectivity index (χ0v) is 13.7. The van der Waals surface area contributed by atoms with Crippen LogP contribution in [0.15, 0.2) is 39.3 Å². The third kappa shape index (κ3) is 3.10. The Morgan fingerprint density at radius 2 is 1.96 bits per heavy atom. The molecule has 1 heterocycles. The molecule has 0 aliphatic rings. The van der Waals surface area contributed by atoms with Crippen molar-refractivity contribution >= 4 is 23.0 Å². The average Bonchev–Trinajstić information content (AvgIpc) is 2.48. The maximum atomic E-state index is 12.5. The van der Waals surface area contributed by atoms with Crippen LogP contribution in [0.3, 0.4) is 0 Å². The first-order valence-corrected chi connectivity index (χ1v) is 7.30. The lowest BCUT2D eigenvalue weighted by Crippen LogP contribution is -2.23. The van der Waals surface area contributed by atoms with Crippen molar-refractivity contribution in [3.05, 3.63) is 50.8 Å². The van der Waals surface area contributed by atoms with Crippen LogP contribution in [0.1, 0.15) is 31.0 Å². The summed E-state index contributed by atoms with van der Waals surface area (Å²) in [4.78, 5) is 12.5. The molecule has 0 aliphatic carbocycles. The third-order valence-electron chi connectivity index (χ3n) is 3.34. The molecular weight excluding hydrogens is 316 g/mol. The van der Waals surface area contributed by atoms with Gasteiger partial charge < -0.3 is 5.11 Å². The molecule has 118 valence electrons. The summed E-state index contributed by atoms with van der Waals surface area (Å²) < 4.78 is 1.12. The average molecular weight is 331 g/mol. The summed E-state index contributed by atoms with van der Waals surface area (Å²) in [5, 5.41) is 27.7. The summed E-state index contributed by atoms with van der Waals surface area (Å²) in [5.74, 6) is -0.360. The van der Waals surface area contributed by atoms with E-state index in [0.29, 0.717) is 10.7 Å². The molecule has 7 heteroatoms. The summed E-state index contributed by atoms with van der Waals surface area (Å²) >= 11 is 6.01. The first-order valence-electron chi connectivity index (χ1n) is 6.92. The van der Waals surface area contributed by atoms with Gasteiger partial charge in [0.2, 0.25) is 5.88 Å². The summed E-state index contributed by atoms with van der Waals surface area (Å²) in [6.07, 6.45) is 0. The lowest BCUT2D eigenvalue weighted by Gasteiger charge is -2.15. The Hall–Kier alpha value is -2.65. The summed E-state index contributed by atoms with van der Waals surface area (Å²) in [7, 11) is 0. The lowest BCUT2D eigenvalue weighted by molar-refractivity contribution is 0.386. The van der Waals surface area contributed by atoms with Crippen LogP contribution in [0.4, 0.5) is 11.4 Å². The number of nitriles is 1. The normalized spacial score (nSPS) is 11.1. The van der Waals surface area contributed by atoms with Crippen LogP contribution in [0.25, 0.3) is 0 Å². The molecule has 2 aromatic rings. The zero-order valence-electron chi connectivity index (χ0n) is 12.9. The van der Waals surface area contributed by atoms with Gasteiger partial charge in [0.1, 0.15) is 17.3 Å². The number of aromatic nitrogens is 1. The van der Waals surface area contributed by atoms with Gasteiger partial charge >= 0.3 is 0 Å². The predicted molar refractivity (Wildman–Crippen MR) is 87.8 cm³/mol. The molecule has 0 amide bonds. The molecule has 6 nitrogen and oxygen atoms in total. The number of hydrogen-bond donors (Lipinski definition) is 1. The quantitative estimate of drug-likeness (QED) is 0.846. The van der Waals surface area contributed by atoms with E-state index >= 15 is 0 Å². The van der Waals surface area contributed by atoms with Gasteiger partial charge in [0.05, 0.1) is 5.02 Å². The fraction of sp³-hybridized carbons (Fsp3) is 0.250. The van der Waals surface area contributed by atoms with E-state index in [2.05, 4.69) is 10.2 Å². The van der Waals surface area contributed by atoms with Gasteiger partial charge in [-0.15, -0.1) is 10.2 Å². The van der Waals surface area contributed by atoms with Crippen molar-refractivity contribution in [2.45, 2.75) is 26.8 Å². The van der Waals surface area contributed by atoms with Crippen LogP contribution in [-0.4, -0.2) is 9.67 Å². The molecule has 0 spiro atoms. The van der Waals surface area contributed by atoms with Crippen LogP contribution < -0.4 is 5.56 Å². The molecule has 0 fully saturated rings. The molecule has 0 unspecified atom stereocenters. The predicted octanol–water partition coefficient (Wildman–Crippen LogP) is 4.38. The molecule has 0 aliphatic heterocycles. The van der Waals surface area contributed by atoms with E-state index in [4.69, 9.17) is 11.6 Å². The minimum atomic E-state index is -0.509. The van der Waals surface area contributed by atoms with Gasteiger partial charge in [0, 0.05) is 11.6 Å². The van der Waals surface area contributed by atoms with Gasteiger partial charge in [-0.05, 0) is 32.9 Å². The van der Waals surface area contributed by atoms with Crippen LogP contribution >= 0.6 is 11.6 Å². The molecule has 2 rings (SSSR count). The van der Waals surface area contributed by atoms with E-state index in [9.17, 15) is 15.2 Å². The number of azo groups is 1. The van der Waals surface area contributed by atoms with Crippen LogP contribution in [0.2, 0.25) is 5.02 Å². The standard InChI is InChI=1S/C16H15ClN4O2/c1-9(2)21-15(22)11(8-18)10(3)14(16(21)23)20-19-13-7-5-4-6-12(13)17/h4-7,9,22H,1-3H3. The fourth-order valence-corrected chi connectivity index (χ4v) is 2.32. The minimum Gasteiger partial charge on any atom is -0.493 e. The number of benzene rings is 1. The van der Waals surface area contributed by atoms with Crippen molar-refractivity contribution < 1.29 is 5.11 Å². The summed E-state index contributed by atoms with van der Waals surface area (Å²) in [5.41, 5.74) is 0.197. The molecule has 1 aromatic heterocycles. The van der Waals surface area contributed by atoms with E-state index in [1.807, 2.05) is 6.07 Å². The van der Waals surface area contributed by atoms with Gasteiger partial charge in [0.15, 0.2) is 5.69 Å². The molecular formula is C16H15ClN4O2. The number of aromatic hydroxyl groups is 1. The Kier molecular flexibility index (Phi) is 4.82. The second-order valence-corrected chi connectivity index (χ2v) is 5.61. The molecule has 0 radical (unpaired) electrons. The first kappa shape index (κ1) is 16.7. The number of hydrogen-bond acceptors (Lipinski definition) is 5. The van der Waals surface area contributed by atoms with Crippen molar-refractivity contribution in [2.24, 2.45) is 10.2 Å². The molecule has 1 aromatic carbocycles. The number of halogens is 1. The minimum absolute atomic E-state index is 0.00593. The highest BCUT2D eigenvalue weighted by Gasteiger charge is 2.20. The monoisotopic (exact) mass is 330 g/mol. The van der Waals surface area contributed by atoms with E-state index in [1.54, 1.807) is 45.0 Å². The lowest BCUT2D eigenvalue weighted by atomic mass is 10.1. The van der Waals surface area contributed by atoms with E-state index in [1.165, 1.54) is 0 Å². The molecule has 0 saturated carbocycles. The number of pyridine rings is 1. The largest absolute Gasteiger partial charge is 0.493 e. The Labute approximate surface area is 138 Å². The second-order valence-electron chi connectivity index (χ2n) is 5.20. The highest BCUT2D eigenvalue weighted by molar-refractivity contribution is 6.32. The van der Waals surface area contributed by atoms with Gasteiger partial charge in [-0.1, -0.05) is 23.7 Å². The smallest absolute Gasteiger partial charge is 0.281 e. The van der Waals surface area contributed by atoms with Crippen LogP contribution in [0.5, 0.6) is 5.88 Å². The van der Waals surface area contributed by atoms with Crippen molar-refractivity contribution in [1.29, 1.82) is 5.26 Å². The van der Waals surface area contributed by atoms with Crippen molar-refractivity contribution in [2.75, 3.05) is 0 Å². The van der Waals surface area contributed by atoms with E-state index in [-0.39, 0.29) is 28.7 Å². The number of rotatable bonds is 3. The maximum Gasteiger partial charge on any atom is 0.281 e. The topological polar surface area (TPSA) is 90.7 Å². The first-order chi connectivity index (χ1) is 10.9. The Bertz CT molecular complexity index is 879. The Morgan fingerprint density at radius 1 is 1.30 bits per heavy atom. The van der Waals surface area contributed by atoms with Crippen molar-refractivity contribution in [3.63, 3.8) is 0 Å². The molecule has 0 atom stereocenters. The SMILES string of the molecule is Cc1c(C#N)c(O)n(C(C)C)c(=O)c1N=Nc1ccccc1Cl. The van der Waals surface area contributed by atoms with Gasteiger partial charge in [-0.25, -0.2) is 0 Å². The number of nitrogens with zero attached hydrogens (tertiary/aromatic N) is 4. The Balaban J connectivity index is 2.69. The van der Waals surface area contributed by atoms with Gasteiger partial charge in [0.25, 0.3) is 5.56 Å². The van der Waals surface area contributed by atoms with Gasteiger partial charge in [-0.2, -0.15) is 5.26 Å². The second kappa shape index (κ2) is 6.63. The zero-order chi connectivity index (χ0) is 17.1. The van der Waals surface area contributed by atoms with Crippen molar-refractivity contribution in [1.82, 2.24) is 4.57 Å². The molecule has 1 N–H and O–H groups in total. The summed E-state index contributed by atoms with van der Waals surface area (Å²) in [6, 6.07) is 8.39. The highest BCUT2D eigenvalue weighted by atomic mass is 35.5. The fourth-order valence-electron chi connectivity index (χ4n) is 2.14. The molecule has 0 bridgehead atoms. The van der Waals surface area contributed by atoms with Crippen LogP contribution in [-0.2, 0) is 0 Å². The maximum absolute atomic E-state index is 12.5. The van der Waals surface area contributed by atoms with Crippen molar-refractivity contribution in [3.8, 4) is 11.9 Å². The highest BCUT2D eigenvalue weighted by Crippen LogP contribution is 2.30. The molecule has 0 saturated heterocycles. The van der Waals surface area contributed by atoms with Crippen LogP contribution in [0, 0.1) is 18.3 Å².